The number of nitrogens with one attached hydrogen (secondary N) is 3. The molecular weight excluding hydrogens is 529 g/mol. The Kier molecular flexibility index (Phi) is 7.90. The lowest BCUT2D eigenvalue weighted by Crippen LogP contribution is -2.47. The first kappa shape index (κ1) is 27.4. The van der Waals surface area contributed by atoms with Crippen LogP contribution in [0.25, 0.3) is 0 Å². The Hall–Kier alpha value is -4.16. The molecule has 2 aliphatic heterocycles. The number of rotatable bonds is 7. The summed E-state index contributed by atoms with van der Waals surface area (Å²) in [6.07, 6.45) is -2.12. The van der Waals surface area contributed by atoms with Crippen LogP contribution < -0.4 is 20.7 Å². The molecule has 0 spiro atoms. The molecule has 1 saturated heterocycles. The average Bonchev–Trinajstić information content (AvgIpc) is 3.30. The summed E-state index contributed by atoms with van der Waals surface area (Å²) >= 11 is 0. The van der Waals surface area contributed by atoms with E-state index in [9.17, 15) is 27.9 Å². The Morgan fingerprint density at radius 2 is 1.80 bits per heavy atom. The van der Waals surface area contributed by atoms with E-state index in [2.05, 4.69) is 20.9 Å². The molecule has 3 heterocycles. The van der Waals surface area contributed by atoms with E-state index in [1.165, 1.54) is 12.1 Å². The first-order valence-corrected chi connectivity index (χ1v) is 12.7. The monoisotopic (exact) mass is 556 g/mol. The van der Waals surface area contributed by atoms with E-state index in [0.29, 0.717) is 24.4 Å². The van der Waals surface area contributed by atoms with E-state index in [-0.39, 0.29) is 30.5 Å². The summed E-state index contributed by atoms with van der Waals surface area (Å²) in [5.41, 5.74) is 1.52. The number of pyridine rings is 1. The number of hydrogen-bond donors (Lipinski definition) is 4. The minimum atomic E-state index is -4.47. The Morgan fingerprint density at radius 1 is 1.05 bits per heavy atom. The third-order valence-corrected chi connectivity index (χ3v) is 6.85. The number of aliphatic hydroxyl groups excluding tert-OH is 1. The number of alkyl halides is 3. The van der Waals surface area contributed by atoms with Gasteiger partial charge < -0.3 is 30.5 Å². The van der Waals surface area contributed by atoms with Crippen molar-refractivity contribution < 1.29 is 37.3 Å². The molecule has 0 bridgehead atoms. The lowest BCUT2D eigenvalue weighted by atomic mass is 9.84. The molecule has 4 atom stereocenters. The largest absolute Gasteiger partial charge is 0.487 e. The minimum absolute atomic E-state index is 0.1000. The third kappa shape index (κ3) is 6.35. The fraction of sp³-hybridized carbons (Fsp3) is 0.321. The van der Waals surface area contributed by atoms with Crippen molar-refractivity contribution in [2.45, 2.75) is 49.8 Å². The average molecular weight is 557 g/mol. The minimum Gasteiger partial charge on any atom is -0.487 e. The van der Waals surface area contributed by atoms with Crippen LogP contribution in [0.15, 0.2) is 67.0 Å². The maximum atomic E-state index is 12.8. The Balaban J connectivity index is 1.22. The van der Waals surface area contributed by atoms with Crippen LogP contribution in [0.3, 0.4) is 0 Å². The van der Waals surface area contributed by atoms with Gasteiger partial charge in [0.1, 0.15) is 18.0 Å². The number of carbonyl (C=O) groups is 2. The van der Waals surface area contributed by atoms with Crippen molar-refractivity contribution in [3.63, 3.8) is 0 Å². The molecule has 0 saturated carbocycles. The fourth-order valence-electron chi connectivity index (χ4n) is 4.99. The second-order valence-electron chi connectivity index (χ2n) is 9.65. The zero-order valence-corrected chi connectivity index (χ0v) is 21.1. The molecule has 210 valence electrons. The van der Waals surface area contributed by atoms with Crippen LogP contribution >= 0.6 is 0 Å². The summed E-state index contributed by atoms with van der Waals surface area (Å²) in [6.45, 7) is 0.0496. The van der Waals surface area contributed by atoms with Gasteiger partial charge in [-0.05, 0) is 60.5 Å². The first-order chi connectivity index (χ1) is 19.2. The predicted octanol–water partition coefficient (Wildman–Crippen LogP) is 4.45. The van der Waals surface area contributed by atoms with Crippen molar-refractivity contribution in [2.75, 3.05) is 17.2 Å². The van der Waals surface area contributed by atoms with Crippen molar-refractivity contribution in [3.8, 4) is 5.75 Å². The number of aliphatic hydroxyl groups is 1. The van der Waals surface area contributed by atoms with Gasteiger partial charge in [0, 0.05) is 41.8 Å². The standard InChI is InChI=1S/C28H27F3N4O5/c29-28(30,31)17-3-5-18(6-4-17)34-27(38)35-19-7-8-23-21(10-19)22-11-20(39-24(15-36)26(22)40-23)12-25(37)33-14-16-2-1-9-32-13-16/h1-10,13,20,22,24,26,36H,11-12,14-15H2,(H,33,37)(H2,34,35,38)/t20-,22+,24-,26-/m1/s1. The van der Waals surface area contributed by atoms with Gasteiger partial charge in [-0.25, -0.2) is 4.79 Å². The van der Waals surface area contributed by atoms with Crippen molar-refractivity contribution in [3.05, 3.63) is 83.7 Å². The van der Waals surface area contributed by atoms with Crippen LogP contribution in [-0.2, 0) is 22.3 Å². The van der Waals surface area contributed by atoms with Crippen LogP contribution in [0, 0.1) is 0 Å². The van der Waals surface area contributed by atoms with E-state index in [4.69, 9.17) is 9.47 Å². The summed E-state index contributed by atoms with van der Waals surface area (Å²) in [4.78, 5) is 29.1. The number of benzene rings is 2. The summed E-state index contributed by atoms with van der Waals surface area (Å²) < 4.78 is 50.4. The van der Waals surface area contributed by atoms with E-state index >= 15 is 0 Å². The molecule has 2 aromatic carbocycles. The molecule has 0 aliphatic carbocycles. The van der Waals surface area contributed by atoms with Gasteiger partial charge in [-0.1, -0.05) is 6.07 Å². The number of urea groups is 1. The Labute approximate surface area is 227 Å². The lowest BCUT2D eigenvalue weighted by molar-refractivity contribution is -0.142. The maximum Gasteiger partial charge on any atom is 0.416 e. The number of aromatic nitrogens is 1. The number of amides is 3. The third-order valence-electron chi connectivity index (χ3n) is 6.85. The number of anilines is 2. The van der Waals surface area contributed by atoms with Crippen molar-refractivity contribution in [1.82, 2.24) is 10.3 Å². The van der Waals surface area contributed by atoms with Gasteiger partial charge in [0.05, 0.1) is 24.7 Å². The van der Waals surface area contributed by atoms with Gasteiger partial charge in [0.2, 0.25) is 5.91 Å². The zero-order chi connectivity index (χ0) is 28.3. The highest BCUT2D eigenvalue weighted by molar-refractivity contribution is 5.99. The summed E-state index contributed by atoms with van der Waals surface area (Å²) in [5.74, 6) is 0.211. The number of nitrogens with zero attached hydrogens (tertiary/aromatic N) is 1. The summed E-state index contributed by atoms with van der Waals surface area (Å²) in [5, 5.41) is 18.0. The molecule has 4 N–H and O–H groups in total. The molecule has 40 heavy (non-hydrogen) atoms. The second-order valence-corrected chi connectivity index (χ2v) is 9.65. The van der Waals surface area contributed by atoms with Crippen LogP contribution in [0.2, 0.25) is 0 Å². The van der Waals surface area contributed by atoms with Gasteiger partial charge in [0.15, 0.2) is 0 Å². The Morgan fingerprint density at radius 3 is 2.50 bits per heavy atom. The highest BCUT2D eigenvalue weighted by Crippen LogP contribution is 2.47. The molecule has 1 fully saturated rings. The van der Waals surface area contributed by atoms with Crippen LogP contribution in [-0.4, -0.2) is 46.9 Å². The lowest BCUT2D eigenvalue weighted by Gasteiger charge is -2.37. The van der Waals surface area contributed by atoms with E-state index in [1.54, 1.807) is 36.7 Å². The van der Waals surface area contributed by atoms with Crippen LogP contribution in [0.5, 0.6) is 5.75 Å². The quantitative estimate of drug-likeness (QED) is 0.341. The molecule has 2 aliphatic rings. The number of fused-ring (bicyclic) bond motifs is 3. The topological polar surface area (TPSA) is 122 Å². The molecular formula is C28H27F3N4O5. The summed E-state index contributed by atoms with van der Waals surface area (Å²) in [7, 11) is 0. The SMILES string of the molecule is O=C(C[C@H]1C[C@H]2c3cc(NC(=O)Nc4ccc(C(F)(F)F)cc4)ccc3O[C@H]2[C@@H](CO)O1)NCc1cccnc1. The highest BCUT2D eigenvalue weighted by atomic mass is 19.4. The molecule has 1 aromatic heterocycles. The normalized spacial score (nSPS) is 21.5. The molecule has 9 nitrogen and oxygen atoms in total. The fourth-order valence-corrected chi connectivity index (χ4v) is 4.99. The van der Waals surface area contributed by atoms with Gasteiger partial charge >= 0.3 is 12.2 Å². The van der Waals surface area contributed by atoms with Crippen LogP contribution in [0.1, 0.15) is 35.4 Å². The van der Waals surface area contributed by atoms with Gasteiger partial charge in [-0.15, -0.1) is 0 Å². The number of hydrogen-bond acceptors (Lipinski definition) is 6. The molecule has 0 unspecified atom stereocenters. The van der Waals surface area contributed by atoms with Gasteiger partial charge in [-0.3, -0.25) is 9.78 Å². The second kappa shape index (κ2) is 11.5. The molecule has 0 radical (unpaired) electrons. The van der Waals surface area contributed by atoms with E-state index in [0.717, 1.165) is 23.3 Å². The molecule has 12 heteroatoms. The Bertz CT molecular complexity index is 1350. The molecule has 3 aromatic rings. The number of ether oxygens (including phenoxy) is 2. The highest BCUT2D eigenvalue weighted by Gasteiger charge is 2.46. The van der Waals surface area contributed by atoms with E-state index < -0.39 is 36.1 Å². The predicted molar refractivity (Wildman–Crippen MR) is 139 cm³/mol. The smallest absolute Gasteiger partial charge is 0.416 e. The summed E-state index contributed by atoms with van der Waals surface area (Å²) in [6, 6.07) is 12.2. The first-order valence-electron chi connectivity index (χ1n) is 12.7. The van der Waals surface area contributed by atoms with Gasteiger partial charge in [0.25, 0.3) is 0 Å². The van der Waals surface area contributed by atoms with Crippen molar-refractivity contribution in [1.29, 1.82) is 0 Å². The zero-order valence-electron chi connectivity index (χ0n) is 21.1. The molecule has 5 rings (SSSR count). The molecule has 3 amide bonds. The van der Waals surface area contributed by atoms with E-state index in [1.807, 2.05) is 6.07 Å². The van der Waals surface area contributed by atoms with Crippen LogP contribution in [0.4, 0.5) is 29.3 Å². The van der Waals surface area contributed by atoms with Crippen molar-refractivity contribution >= 4 is 23.3 Å². The van der Waals surface area contributed by atoms with Gasteiger partial charge in [-0.2, -0.15) is 13.2 Å². The van der Waals surface area contributed by atoms with Crippen molar-refractivity contribution in [2.24, 2.45) is 0 Å². The number of carbonyl (C=O) groups excluding carboxylic acids is 2. The maximum absolute atomic E-state index is 12.8. The number of halogens is 3.